The third-order valence-electron chi connectivity index (χ3n) is 4.08. The molecule has 0 aliphatic heterocycles. The minimum Gasteiger partial charge on any atom is -0.355 e. The quantitative estimate of drug-likeness (QED) is 0.803. The van der Waals surface area contributed by atoms with Crippen molar-refractivity contribution in [2.75, 3.05) is 6.54 Å². The van der Waals surface area contributed by atoms with Crippen LogP contribution in [-0.2, 0) is 22.6 Å². The van der Waals surface area contributed by atoms with Crippen molar-refractivity contribution in [1.82, 2.24) is 10.2 Å². The van der Waals surface area contributed by atoms with Gasteiger partial charge in [0.15, 0.2) is 0 Å². The van der Waals surface area contributed by atoms with E-state index in [0.717, 1.165) is 5.56 Å². The first-order valence-electron chi connectivity index (χ1n) is 8.47. The fourth-order valence-electron chi connectivity index (χ4n) is 2.60. The van der Waals surface area contributed by atoms with E-state index in [1.54, 1.807) is 49.4 Å². The summed E-state index contributed by atoms with van der Waals surface area (Å²) in [6, 6.07) is 12.5. The van der Waals surface area contributed by atoms with Gasteiger partial charge in [-0.05, 0) is 43.2 Å². The van der Waals surface area contributed by atoms with E-state index < -0.39 is 11.9 Å². The van der Waals surface area contributed by atoms with E-state index in [4.69, 9.17) is 11.6 Å². The number of amides is 2. The second kappa shape index (κ2) is 9.34. The molecule has 0 radical (unpaired) electrons. The molecule has 0 saturated heterocycles. The van der Waals surface area contributed by atoms with Crippen LogP contribution in [0.2, 0.25) is 5.02 Å². The molecule has 0 fully saturated rings. The van der Waals surface area contributed by atoms with Crippen molar-refractivity contribution in [3.8, 4) is 0 Å². The molecule has 2 aromatic carbocycles. The number of hydrogen-bond acceptors (Lipinski definition) is 2. The van der Waals surface area contributed by atoms with E-state index in [-0.39, 0.29) is 24.8 Å². The third kappa shape index (κ3) is 5.30. The van der Waals surface area contributed by atoms with E-state index in [1.165, 1.54) is 11.0 Å². The molecule has 0 aromatic heterocycles. The minimum absolute atomic E-state index is 0.107. The topological polar surface area (TPSA) is 49.4 Å². The van der Waals surface area contributed by atoms with E-state index in [2.05, 4.69) is 5.32 Å². The molecule has 0 unspecified atom stereocenters. The highest BCUT2D eigenvalue weighted by molar-refractivity contribution is 6.30. The summed E-state index contributed by atoms with van der Waals surface area (Å²) < 4.78 is 13.9. The van der Waals surface area contributed by atoms with Gasteiger partial charge in [0.25, 0.3) is 0 Å². The normalized spacial score (nSPS) is 11.7. The Kier molecular flexibility index (Phi) is 7.16. The molecule has 138 valence electrons. The molecular formula is C20H22ClFN2O2. The van der Waals surface area contributed by atoms with Crippen LogP contribution in [0.1, 0.15) is 25.0 Å². The average Bonchev–Trinajstić information content (AvgIpc) is 2.62. The van der Waals surface area contributed by atoms with E-state index in [1.807, 2.05) is 6.92 Å². The first-order chi connectivity index (χ1) is 12.4. The fraction of sp³-hybridized carbons (Fsp3) is 0.300. The van der Waals surface area contributed by atoms with Gasteiger partial charge in [-0.1, -0.05) is 41.9 Å². The molecule has 1 atom stereocenters. The summed E-state index contributed by atoms with van der Waals surface area (Å²) in [5.74, 6) is -0.995. The molecule has 0 aliphatic rings. The summed E-state index contributed by atoms with van der Waals surface area (Å²) in [4.78, 5) is 26.6. The van der Waals surface area contributed by atoms with Crippen molar-refractivity contribution in [2.45, 2.75) is 32.9 Å². The number of likely N-dealkylation sites (N-methyl/N-ethyl adjacent to an activating group) is 1. The van der Waals surface area contributed by atoms with Gasteiger partial charge in [-0.2, -0.15) is 0 Å². The number of nitrogens with zero attached hydrogens (tertiary/aromatic N) is 1. The van der Waals surface area contributed by atoms with Gasteiger partial charge < -0.3 is 10.2 Å². The van der Waals surface area contributed by atoms with Crippen molar-refractivity contribution in [3.63, 3.8) is 0 Å². The fourth-order valence-corrected chi connectivity index (χ4v) is 2.72. The Balaban J connectivity index is 2.23. The van der Waals surface area contributed by atoms with Crippen LogP contribution in [0.4, 0.5) is 4.39 Å². The molecule has 0 saturated carbocycles. The van der Waals surface area contributed by atoms with Crippen molar-refractivity contribution < 1.29 is 14.0 Å². The Labute approximate surface area is 158 Å². The van der Waals surface area contributed by atoms with Gasteiger partial charge in [0.05, 0.1) is 6.42 Å². The average molecular weight is 377 g/mol. The molecule has 4 nitrogen and oxygen atoms in total. The van der Waals surface area contributed by atoms with Gasteiger partial charge in [0.2, 0.25) is 11.8 Å². The largest absolute Gasteiger partial charge is 0.355 e. The SMILES string of the molecule is CCNC(=O)[C@@H](C)N(Cc1ccc(Cl)cc1)C(=O)Cc1ccccc1F. The molecule has 0 spiro atoms. The van der Waals surface area contributed by atoms with Crippen molar-refractivity contribution >= 4 is 23.4 Å². The van der Waals surface area contributed by atoms with Crippen LogP contribution in [0.5, 0.6) is 0 Å². The molecule has 1 N–H and O–H groups in total. The Morgan fingerprint density at radius 3 is 2.42 bits per heavy atom. The molecule has 2 amide bonds. The van der Waals surface area contributed by atoms with Crippen LogP contribution in [-0.4, -0.2) is 29.3 Å². The van der Waals surface area contributed by atoms with Gasteiger partial charge in [0.1, 0.15) is 11.9 Å². The number of rotatable bonds is 7. The summed E-state index contributed by atoms with van der Waals surface area (Å²) in [7, 11) is 0. The van der Waals surface area contributed by atoms with Gasteiger partial charge in [-0.3, -0.25) is 9.59 Å². The van der Waals surface area contributed by atoms with E-state index >= 15 is 0 Å². The maximum absolute atomic E-state index is 13.9. The number of carbonyl (C=O) groups excluding carboxylic acids is 2. The Morgan fingerprint density at radius 2 is 1.81 bits per heavy atom. The molecule has 26 heavy (non-hydrogen) atoms. The highest BCUT2D eigenvalue weighted by Gasteiger charge is 2.26. The maximum Gasteiger partial charge on any atom is 0.242 e. The number of nitrogens with one attached hydrogen (secondary N) is 1. The predicted octanol–water partition coefficient (Wildman–Crippen LogP) is 3.58. The van der Waals surface area contributed by atoms with Gasteiger partial charge in [0, 0.05) is 18.1 Å². The van der Waals surface area contributed by atoms with Crippen molar-refractivity contribution in [1.29, 1.82) is 0 Å². The summed E-state index contributed by atoms with van der Waals surface area (Å²) in [6.45, 7) is 4.19. The van der Waals surface area contributed by atoms with Crippen LogP contribution < -0.4 is 5.32 Å². The van der Waals surface area contributed by atoms with Gasteiger partial charge >= 0.3 is 0 Å². The molecule has 0 aliphatic carbocycles. The van der Waals surface area contributed by atoms with Crippen LogP contribution in [0.15, 0.2) is 48.5 Å². The molecular weight excluding hydrogens is 355 g/mol. The second-order valence-corrected chi connectivity index (χ2v) is 6.42. The first-order valence-corrected chi connectivity index (χ1v) is 8.85. The van der Waals surface area contributed by atoms with Crippen LogP contribution in [0.3, 0.4) is 0 Å². The monoisotopic (exact) mass is 376 g/mol. The number of hydrogen-bond donors (Lipinski definition) is 1. The Bertz CT molecular complexity index is 765. The Hall–Kier alpha value is -2.40. The Morgan fingerprint density at radius 1 is 1.15 bits per heavy atom. The summed E-state index contributed by atoms with van der Waals surface area (Å²) in [6.07, 6.45) is -0.107. The zero-order chi connectivity index (χ0) is 19.1. The third-order valence-corrected chi connectivity index (χ3v) is 4.34. The molecule has 2 aromatic rings. The second-order valence-electron chi connectivity index (χ2n) is 5.99. The molecule has 0 bridgehead atoms. The zero-order valence-corrected chi connectivity index (χ0v) is 15.6. The highest BCUT2D eigenvalue weighted by Crippen LogP contribution is 2.16. The van der Waals surface area contributed by atoms with Gasteiger partial charge in [-0.15, -0.1) is 0 Å². The zero-order valence-electron chi connectivity index (χ0n) is 14.8. The first kappa shape index (κ1) is 19.9. The van der Waals surface area contributed by atoms with Gasteiger partial charge in [-0.25, -0.2) is 4.39 Å². The lowest BCUT2D eigenvalue weighted by Crippen LogP contribution is -2.48. The lowest BCUT2D eigenvalue weighted by atomic mass is 10.1. The van der Waals surface area contributed by atoms with Crippen molar-refractivity contribution in [3.05, 3.63) is 70.5 Å². The summed E-state index contributed by atoms with van der Waals surface area (Å²) in [5.41, 5.74) is 1.15. The maximum atomic E-state index is 13.9. The molecule has 2 rings (SSSR count). The number of carbonyl (C=O) groups is 2. The van der Waals surface area contributed by atoms with Crippen LogP contribution >= 0.6 is 11.6 Å². The minimum atomic E-state index is -0.676. The highest BCUT2D eigenvalue weighted by atomic mass is 35.5. The number of halogens is 2. The van der Waals surface area contributed by atoms with E-state index in [0.29, 0.717) is 17.1 Å². The van der Waals surface area contributed by atoms with Crippen molar-refractivity contribution in [2.24, 2.45) is 0 Å². The lowest BCUT2D eigenvalue weighted by molar-refractivity contribution is -0.140. The summed E-state index contributed by atoms with van der Waals surface area (Å²) in [5, 5.41) is 3.32. The molecule has 6 heteroatoms. The standard InChI is InChI=1S/C20H22ClFN2O2/c1-3-23-20(26)14(2)24(13-15-8-10-17(21)11-9-15)19(25)12-16-6-4-5-7-18(16)22/h4-11,14H,3,12-13H2,1-2H3,(H,23,26)/t14-/m1/s1. The summed E-state index contributed by atoms with van der Waals surface area (Å²) >= 11 is 5.90. The van der Waals surface area contributed by atoms with Crippen LogP contribution in [0, 0.1) is 5.82 Å². The molecule has 0 heterocycles. The number of benzene rings is 2. The van der Waals surface area contributed by atoms with Crippen LogP contribution in [0.25, 0.3) is 0 Å². The lowest BCUT2D eigenvalue weighted by Gasteiger charge is -2.29. The smallest absolute Gasteiger partial charge is 0.242 e. The predicted molar refractivity (Wildman–Crippen MR) is 100 cm³/mol. The van der Waals surface area contributed by atoms with E-state index in [9.17, 15) is 14.0 Å².